The van der Waals surface area contributed by atoms with Crippen LogP contribution in [0.25, 0.3) is 0 Å². The Balaban J connectivity index is 1.99. The maximum atomic E-state index is 12.7. The Morgan fingerprint density at radius 1 is 0.967 bits per heavy atom. The summed E-state index contributed by atoms with van der Waals surface area (Å²) in [4.78, 5) is 12.7. The molecule has 164 valence electrons. The van der Waals surface area contributed by atoms with Crippen molar-refractivity contribution >= 4 is 14.1 Å². The number of rotatable bonds is 11. The SMILES string of the molecule is CC(C)(C)[Si](C)(C)O[C@H](COCc1ccccc1)CC(=O)C[C@H](O)c1ccccc1. The van der Waals surface area contributed by atoms with Crippen LogP contribution in [0.4, 0.5) is 0 Å². The largest absolute Gasteiger partial charge is 0.411 e. The van der Waals surface area contributed by atoms with E-state index >= 15 is 0 Å². The van der Waals surface area contributed by atoms with Crippen LogP contribution >= 0.6 is 0 Å². The summed E-state index contributed by atoms with van der Waals surface area (Å²) in [5.41, 5.74) is 1.85. The van der Waals surface area contributed by atoms with E-state index in [1.807, 2.05) is 60.7 Å². The van der Waals surface area contributed by atoms with Gasteiger partial charge in [-0.2, -0.15) is 0 Å². The van der Waals surface area contributed by atoms with Gasteiger partial charge in [-0.25, -0.2) is 0 Å². The van der Waals surface area contributed by atoms with Gasteiger partial charge in [-0.15, -0.1) is 0 Å². The van der Waals surface area contributed by atoms with Gasteiger partial charge in [0.25, 0.3) is 0 Å². The minimum Gasteiger partial charge on any atom is -0.411 e. The Labute approximate surface area is 182 Å². The summed E-state index contributed by atoms with van der Waals surface area (Å²) >= 11 is 0. The van der Waals surface area contributed by atoms with Gasteiger partial charge in [0.15, 0.2) is 8.32 Å². The monoisotopic (exact) mass is 428 g/mol. The summed E-state index contributed by atoms with van der Waals surface area (Å²) in [5.74, 6) is -0.0154. The zero-order valence-corrected chi connectivity index (χ0v) is 19.9. The third kappa shape index (κ3) is 7.80. The van der Waals surface area contributed by atoms with Gasteiger partial charge in [-0.3, -0.25) is 4.79 Å². The van der Waals surface area contributed by atoms with Gasteiger partial charge in [-0.1, -0.05) is 81.4 Å². The van der Waals surface area contributed by atoms with E-state index in [1.54, 1.807) is 0 Å². The molecule has 0 aliphatic heterocycles. The van der Waals surface area contributed by atoms with Crippen LogP contribution in [0.5, 0.6) is 0 Å². The highest BCUT2D eigenvalue weighted by atomic mass is 28.4. The second-order valence-electron chi connectivity index (χ2n) is 9.37. The molecular formula is C25H36O4Si. The van der Waals surface area contributed by atoms with Gasteiger partial charge in [0.05, 0.1) is 25.4 Å². The molecule has 2 atom stereocenters. The summed E-state index contributed by atoms with van der Waals surface area (Å²) in [7, 11) is -2.06. The fourth-order valence-electron chi connectivity index (χ4n) is 2.96. The fourth-order valence-corrected chi connectivity index (χ4v) is 4.29. The quantitative estimate of drug-likeness (QED) is 0.468. The number of carbonyl (C=O) groups is 1. The molecule has 0 heterocycles. The Bertz CT molecular complexity index is 769. The predicted molar refractivity (Wildman–Crippen MR) is 124 cm³/mol. The number of hydrogen-bond donors (Lipinski definition) is 1. The van der Waals surface area contributed by atoms with Crippen LogP contribution in [0.2, 0.25) is 18.1 Å². The lowest BCUT2D eigenvalue weighted by atomic mass is 10.0. The van der Waals surface area contributed by atoms with Gasteiger partial charge in [0, 0.05) is 12.8 Å². The van der Waals surface area contributed by atoms with Crippen LogP contribution in [0.1, 0.15) is 50.8 Å². The molecule has 2 aromatic carbocycles. The van der Waals surface area contributed by atoms with Crippen molar-refractivity contribution < 1.29 is 19.1 Å². The standard InChI is InChI=1S/C25H36O4Si/c1-25(2,3)30(4,5)29-23(19-28-18-20-12-8-6-9-13-20)16-22(26)17-24(27)21-14-10-7-11-15-21/h6-15,23-24,27H,16-19H2,1-5H3/t23-,24-/m0/s1. The molecule has 2 rings (SSSR count). The van der Waals surface area contributed by atoms with Gasteiger partial charge in [0.1, 0.15) is 5.78 Å². The van der Waals surface area contributed by atoms with E-state index in [1.165, 1.54) is 0 Å². The van der Waals surface area contributed by atoms with Crippen LogP contribution in [-0.2, 0) is 20.6 Å². The molecule has 0 unspecified atom stereocenters. The van der Waals surface area contributed by atoms with Crippen LogP contribution < -0.4 is 0 Å². The summed E-state index contributed by atoms with van der Waals surface area (Å²) in [6.45, 7) is 11.8. The van der Waals surface area contributed by atoms with E-state index in [0.717, 1.165) is 11.1 Å². The molecule has 0 saturated heterocycles. The third-order valence-electron chi connectivity index (χ3n) is 5.74. The summed E-state index contributed by atoms with van der Waals surface area (Å²) in [5, 5.41) is 10.4. The summed E-state index contributed by atoms with van der Waals surface area (Å²) < 4.78 is 12.4. The molecular weight excluding hydrogens is 392 g/mol. The van der Waals surface area contributed by atoms with Crippen LogP contribution in [-0.4, -0.2) is 31.9 Å². The molecule has 0 spiro atoms. The Morgan fingerprint density at radius 3 is 2.10 bits per heavy atom. The molecule has 1 N–H and O–H groups in total. The molecule has 0 radical (unpaired) electrons. The Morgan fingerprint density at radius 2 is 1.53 bits per heavy atom. The first-order chi connectivity index (χ1) is 14.1. The zero-order chi connectivity index (χ0) is 22.2. The van der Waals surface area contributed by atoms with Gasteiger partial charge in [-0.05, 0) is 29.3 Å². The molecule has 2 aromatic rings. The van der Waals surface area contributed by atoms with E-state index in [9.17, 15) is 9.90 Å². The molecule has 0 saturated carbocycles. The molecule has 0 fully saturated rings. The van der Waals surface area contributed by atoms with E-state index < -0.39 is 14.4 Å². The number of aliphatic hydroxyl groups excluding tert-OH is 1. The molecule has 5 heteroatoms. The average Bonchev–Trinajstić information content (AvgIpc) is 2.68. The number of carbonyl (C=O) groups excluding carboxylic acids is 1. The van der Waals surface area contributed by atoms with Gasteiger partial charge < -0.3 is 14.3 Å². The number of aliphatic hydroxyl groups is 1. The van der Waals surface area contributed by atoms with E-state index in [4.69, 9.17) is 9.16 Å². The summed E-state index contributed by atoms with van der Waals surface area (Å²) in [6.07, 6.45) is -0.784. The van der Waals surface area contributed by atoms with Crippen molar-refractivity contribution in [2.24, 2.45) is 0 Å². The second kappa shape index (κ2) is 11.0. The minimum absolute atomic E-state index is 0.0154. The van der Waals surface area contributed by atoms with E-state index in [2.05, 4.69) is 33.9 Å². The third-order valence-corrected chi connectivity index (χ3v) is 10.3. The van der Waals surface area contributed by atoms with Gasteiger partial charge in [0.2, 0.25) is 0 Å². The van der Waals surface area contributed by atoms with Crippen molar-refractivity contribution in [1.29, 1.82) is 0 Å². The highest BCUT2D eigenvalue weighted by Gasteiger charge is 2.39. The van der Waals surface area contributed by atoms with Crippen molar-refractivity contribution in [3.05, 3.63) is 71.8 Å². The predicted octanol–water partition coefficient (Wildman–Crippen LogP) is 5.68. The zero-order valence-electron chi connectivity index (χ0n) is 18.9. The van der Waals surface area contributed by atoms with Crippen molar-refractivity contribution in [3.8, 4) is 0 Å². The van der Waals surface area contributed by atoms with E-state index in [0.29, 0.717) is 13.2 Å². The molecule has 30 heavy (non-hydrogen) atoms. The van der Waals surface area contributed by atoms with Crippen LogP contribution in [0.15, 0.2) is 60.7 Å². The number of ketones is 1. The fraction of sp³-hybridized carbons (Fsp3) is 0.480. The van der Waals surface area contributed by atoms with E-state index in [-0.39, 0.29) is 29.8 Å². The number of benzene rings is 2. The minimum atomic E-state index is -2.06. The number of Topliss-reactive ketones (excluding diaryl/α,β-unsaturated/α-hetero) is 1. The molecule has 0 amide bonds. The second-order valence-corrected chi connectivity index (χ2v) is 14.1. The van der Waals surface area contributed by atoms with Gasteiger partial charge >= 0.3 is 0 Å². The average molecular weight is 429 g/mol. The normalized spacial score (nSPS) is 14.3. The lowest BCUT2D eigenvalue weighted by molar-refractivity contribution is -0.123. The summed E-state index contributed by atoms with van der Waals surface area (Å²) in [6, 6.07) is 19.3. The molecule has 0 aliphatic carbocycles. The van der Waals surface area contributed by atoms with Crippen molar-refractivity contribution in [2.75, 3.05) is 6.61 Å². The lowest BCUT2D eigenvalue weighted by Gasteiger charge is -2.39. The topological polar surface area (TPSA) is 55.8 Å². The first kappa shape index (κ1) is 24.5. The molecule has 0 aromatic heterocycles. The highest BCUT2D eigenvalue weighted by Crippen LogP contribution is 2.37. The van der Waals surface area contributed by atoms with Crippen molar-refractivity contribution in [1.82, 2.24) is 0 Å². The smallest absolute Gasteiger partial charge is 0.192 e. The maximum absolute atomic E-state index is 12.7. The van der Waals surface area contributed by atoms with Crippen molar-refractivity contribution in [3.63, 3.8) is 0 Å². The molecule has 4 nitrogen and oxygen atoms in total. The Hall–Kier alpha value is -1.79. The first-order valence-electron chi connectivity index (χ1n) is 10.6. The maximum Gasteiger partial charge on any atom is 0.192 e. The first-order valence-corrected chi connectivity index (χ1v) is 13.5. The van der Waals surface area contributed by atoms with Crippen molar-refractivity contribution in [2.45, 2.75) is 70.6 Å². The lowest BCUT2D eigenvalue weighted by Crippen LogP contribution is -2.45. The van der Waals surface area contributed by atoms with Crippen LogP contribution in [0, 0.1) is 0 Å². The van der Waals surface area contributed by atoms with Crippen LogP contribution in [0.3, 0.4) is 0 Å². The molecule has 0 aliphatic rings. The number of hydrogen-bond acceptors (Lipinski definition) is 4. The Kier molecular flexibility index (Phi) is 8.98. The highest BCUT2D eigenvalue weighted by molar-refractivity contribution is 6.74. The molecule has 0 bridgehead atoms. The number of ether oxygens (including phenoxy) is 1.